The van der Waals surface area contributed by atoms with Crippen molar-refractivity contribution in [2.75, 3.05) is 16.8 Å². The molecular weight excluding hydrogens is 357 g/mol. The average Bonchev–Trinajstić information content (AvgIpc) is 2.75. The highest BCUT2D eigenvalue weighted by Gasteiger charge is 2.23. The average molecular weight is 368 g/mol. The van der Waals surface area contributed by atoms with E-state index in [1.54, 1.807) is 0 Å². The van der Waals surface area contributed by atoms with Gasteiger partial charge in [0.05, 0.1) is 10.7 Å². The predicted molar refractivity (Wildman–Crippen MR) is 78.2 cm³/mol. The van der Waals surface area contributed by atoms with E-state index >= 15 is 0 Å². The molecule has 1 N–H and O–H groups in total. The zero-order valence-electron chi connectivity index (χ0n) is 8.50. The number of amides is 1. The maximum atomic E-state index is 11.9. The monoisotopic (exact) mass is 367 g/mol. The molecule has 86 valence electrons. The lowest BCUT2D eigenvalue weighted by Crippen LogP contribution is -2.22. The lowest BCUT2D eigenvalue weighted by atomic mass is 10.1. The van der Waals surface area contributed by atoms with Gasteiger partial charge < -0.3 is 5.32 Å². The number of hydrogen-bond acceptors (Lipinski definition) is 2. The molecule has 1 aromatic carbocycles. The second-order valence-corrected chi connectivity index (χ2v) is 6.48. The van der Waals surface area contributed by atoms with Crippen molar-refractivity contribution in [3.63, 3.8) is 0 Å². The third kappa shape index (κ3) is 3.05. The van der Waals surface area contributed by atoms with Gasteiger partial charge in [0, 0.05) is 15.2 Å². The van der Waals surface area contributed by atoms with Crippen LogP contribution in [-0.2, 0) is 4.79 Å². The maximum absolute atomic E-state index is 11.9. The van der Waals surface area contributed by atoms with Crippen LogP contribution in [0, 0.1) is 9.49 Å². The SMILES string of the molecule is O=C(Nc1ccc(I)cc1Cl)C1CCSC1. The van der Waals surface area contributed by atoms with Gasteiger partial charge in [-0.15, -0.1) is 0 Å². The van der Waals surface area contributed by atoms with Crippen molar-refractivity contribution in [2.45, 2.75) is 6.42 Å². The van der Waals surface area contributed by atoms with Crippen molar-refractivity contribution in [3.8, 4) is 0 Å². The van der Waals surface area contributed by atoms with Crippen LogP contribution in [0.5, 0.6) is 0 Å². The van der Waals surface area contributed by atoms with E-state index in [1.165, 1.54) is 0 Å². The van der Waals surface area contributed by atoms with Crippen molar-refractivity contribution in [1.29, 1.82) is 0 Å². The van der Waals surface area contributed by atoms with Gasteiger partial charge in [0.1, 0.15) is 0 Å². The molecule has 5 heteroatoms. The molecule has 2 rings (SSSR count). The maximum Gasteiger partial charge on any atom is 0.228 e. The number of hydrogen-bond donors (Lipinski definition) is 1. The summed E-state index contributed by atoms with van der Waals surface area (Å²) in [6.45, 7) is 0. The smallest absolute Gasteiger partial charge is 0.228 e. The van der Waals surface area contributed by atoms with Crippen LogP contribution in [0.25, 0.3) is 0 Å². The standard InChI is InChI=1S/C11H11ClINOS/c12-9-5-8(13)1-2-10(9)14-11(15)7-3-4-16-6-7/h1-2,5,7H,3-4,6H2,(H,14,15). The Morgan fingerprint density at radius 2 is 2.38 bits per heavy atom. The van der Waals surface area contributed by atoms with Gasteiger partial charge in [0.25, 0.3) is 0 Å². The van der Waals surface area contributed by atoms with E-state index in [1.807, 2.05) is 30.0 Å². The van der Waals surface area contributed by atoms with Crippen LogP contribution in [0.3, 0.4) is 0 Å². The van der Waals surface area contributed by atoms with E-state index in [4.69, 9.17) is 11.6 Å². The molecule has 0 saturated carbocycles. The number of nitrogens with one attached hydrogen (secondary N) is 1. The van der Waals surface area contributed by atoms with Gasteiger partial charge in [-0.2, -0.15) is 11.8 Å². The van der Waals surface area contributed by atoms with Gasteiger partial charge >= 0.3 is 0 Å². The highest BCUT2D eigenvalue weighted by atomic mass is 127. The molecule has 16 heavy (non-hydrogen) atoms. The molecule has 0 aromatic heterocycles. The first-order chi connectivity index (χ1) is 7.66. The summed E-state index contributed by atoms with van der Waals surface area (Å²) >= 11 is 10.1. The highest BCUT2D eigenvalue weighted by molar-refractivity contribution is 14.1. The summed E-state index contributed by atoms with van der Waals surface area (Å²) in [7, 11) is 0. The van der Waals surface area contributed by atoms with Crippen LogP contribution >= 0.6 is 46.0 Å². The van der Waals surface area contributed by atoms with E-state index in [0.717, 1.165) is 21.5 Å². The Labute approximate surface area is 118 Å². The highest BCUT2D eigenvalue weighted by Crippen LogP contribution is 2.27. The van der Waals surface area contributed by atoms with Crippen molar-refractivity contribution in [3.05, 3.63) is 26.8 Å². The Morgan fingerprint density at radius 1 is 1.56 bits per heavy atom. The van der Waals surface area contributed by atoms with Gasteiger partial charge in [-0.3, -0.25) is 4.79 Å². The Bertz CT molecular complexity index is 407. The molecule has 1 amide bonds. The third-order valence-electron chi connectivity index (χ3n) is 2.49. The van der Waals surface area contributed by atoms with Crippen molar-refractivity contribution in [1.82, 2.24) is 0 Å². The summed E-state index contributed by atoms with van der Waals surface area (Å²) in [5, 5.41) is 3.49. The minimum atomic E-state index is 0.0908. The van der Waals surface area contributed by atoms with Gasteiger partial charge in [-0.05, 0) is 53.0 Å². The van der Waals surface area contributed by atoms with E-state index in [0.29, 0.717) is 10.7 Å². The summed E-state index contributed by atoms with van der Waals surface area (Å²) in [6, 6.07) is 5.64. The summed E-state index contributed by atoms with van der Waals surface area (Å²) in [4.78, 5) is 11.9. The fraction of sp³-hybridized carbons (Fsp3) is 0.364. The molecule has 1 atom stereocenters. The second-order valence-electron chi connectivity index (χ2n) is 3.67. The van der Waals surface area contributed by atoms with Gasteiger partial charge in [-0.1, -0.05) is 11.6 Å². The van der Waals surface area contributed by atoms with E-state index in [2.05, 4.69) is 27.9 Å². The fourth-order valence-corrected chi connectivity index (χ4v) is 3.69. The van der Waals surface area contributed by atoms with Crippen molar-refractivity contribution in [2.24, 2.45) is 5.92 Å². The van der Waals surface area contributed by atoms with E-state index in [9.17, 15) is 4.79 Å². The molecule has 0 spiro atoms. The van der Waals surface area contributed by atoms with E-state index in [-0.39, 0.29) is 11.8 Å². The molecule has 1 unspecified atom stereocenters. The van der Waals surface area contributed by atoms with Gasteiger partial charge in [-0.25, -0.2) is 0 Å². The number of rotatable bonds is 2. The second kappa shape index (κ2) is 5.60. The molecule has 1 aliphatic heterocycles. The summed E-state index contributed by atoms with van der Waals surface area (Å²) < 4.78 is 1.07. The summed E-state index contributed by atoms with van der Waals surface area (Å²) in [6.07, 6.45) is 0.971. The molecule has 1 aliphatic rings. The molecule has 1 saturated heterocycles. The molecule has 0 bridgehead atoms. The van der Waals surface area contributed by atoms with Gasteiger partial charge in [0.2, 0.25) is 5.91 Å². The predicted octanol–water partition coefficient (Wildman–Crippen LogP) is 3.64. The molecule has 0 aliphatic carbocycles. The molecule has 2 nitrogen and oxygen atoms in total. The Hall–Kier alpha value is 0.0600. The summed E-state index contributed by atoms with van der Waals surface area (Å²) in [5.41, 5.74) is 0.712. The van der Waals surface area contributed by atoms with E-state index < -0.39 is 0 Å². The fourth-order valence-electron chi connectivity index (χ4n) is 1.57. The van der Waals surface area contributed by atoms with Crippen LogP contribution in [-0.4, -0.2) is 17.4 Å². The largest absolute Gasteiger partial charge is 0.324 e. The van der Waals surface area contributed by atoms with Gasteiger partial charge in [0.15, 0.2) is 0 Å². The van der Waals surface area contributed by atoms with Crippen molar-refractivity contribution >= 4 is 57.5 Å². The lowest BCUT2D eigenvalue weighted by molar-refractivity contribution is -0.119. The summed E-state index contributed by atoms with van der Waals surface area (Å²) in [5.74, 6) is 2.24. The molecule has 0 radical (unpaired) electrons. The lowest BCUT2D eigenvalue weighted by Gasteiger charge is -2.11. The molecule has 1 fully saturated rings. The Balaban J connectivity index is 2.05. The zero-order chi connectivity index (χ0) is 11.5. The number of carbonyl (C=O) groups excluding carboxylic acids is 1. The van der Waals surface area contributed by atoms with Crippen LogP contribution in [0.1, 0.15) is 6.42 Å². The quantitative estimate of drug-likeness (QED) is 0.809. The molecular formula is C11H11ClINOS. The first-order valence-electron chi connectivity index (χ1n) is 5.00. The minimum absolute atomic E-state index is 0.0908. The van der Waals surface area contributed by atoms with Crippen molar-refractivity contribution < 1.29 is 4.79 Å². The zero-order valence-corrected chi connectivity index (χ0v) is 12.2. The van der Waals surface area contributed by atoms with Crippen LogP contribution in [0.4, 0.5) is 5.69 Å². The first-order valence-corrected chi connectivity index (χ1v) is 7.61. The Kier molecular flexibility index (Phi) is 4.38. The normalized spacial score (nSPS) is 19.8. The number of halogens is 2. The third-order valence-corrected chi connectivity index (χ3v) is 4.64. The molecule has 1 heterocycles. The first kappa shape index (κ1) is 12.5. The number of thioether (sulfide) groups is 1. The minimum Gasteiger partial charge on any atom is -0.324 e. The Morgan fingerprint density at radius 3 is 3.00 bits per heavy atom. The number of anilines is 1. The number of benzene rings is 1. The van der Waals surface area contributed by atoms with Crippen LogP contribution in [0.2, 0.25) is 5.02 Å². The topological polar surface area (TPSA) is 29.1 Å². The van der Waals surface area contributed by atoms with Crippen LogP contribution < -0.4 is 5.32 Å². The molecule has 1 aromatic rings. The van der Waals surface area contributed by atoms with Crippen LogP contribution in [0.15, 0.2) is 18.2 Å². The number of carbonyl (C=O) groups is 1.